The minimum absolute atomic E-state index is 0.0223. The van der Waals surface area contributed by atoms with Crippen LogP contribution in [0.2, 0.25) is 0 Å². The molecule has 2 heterocycles. The topological polar surface area (TPSA) is 551 Å². The quantitative estimate of drug-likeness (QED) is 0.0188. The molecule has 19 N–H and O–H groups in total. The monoisotopic (exact) mass is 1350 g/mol. The lowest BCUT2D eigenvalue weighted by Gasteiger charge is -2.27. The molecule has 0 radical (unpaired) electrons. The predicted molar refractivity (Wildman–Crippen MR) is 331 cm³/mol. The van der Waals surface area contributed by atoms with Crippen LogP contribution in [0.3, 0.4) is 0 Å². The molecule has 4 aromatic rings. The van der Waals surface area contributed by atoms with Crippen molar-refractivity contribution in [2.45, 2.75) is 132 Å². The van der Waals surface area contributed by atoms with Crippen molar-refractivity contribution in [3.8, 4) is 5.75 Å². The number of aromatic nitrogens is 1. The third-order valence-corrected chi connectivity index (χ3v) is 15.3. The summed E-state index contributed by atoms with van der Waals surface area (Å²) < 4.78 is 36.3. The SMILES string of the molecule is CSCC[C@H](NC(=O)[C@H](Cc1c[nH]c2ccccc12)NC(=O)CNC(=O)[C@@H](NC(=O)[C@H](Cc1ccc(OS(=O)(=O)O)cc1)NC(=O)[C@H](CC(=O)O)NC(=O)[C@H](CCC(N)=O)NC(=O)[C@@H]1CCC(=O)N1)C(C)O)C(=O)N[C@@H](CC(=O)N[C@@H](Cc1ccccc1)C(N)=O)C(=O)O. The summed E-state index contributed by atoms with van der Waals surface area (Å²) in [5, 5.41) is 54.8. The first-order valence-corrected chi connectivity index (χ1v) is 31.7. The van der Waals surface area contributed by atoms with Crippen LogP contribution in [0.1, 0.15) is 68.6 Å². The molecule has 12 amide bonds. The number of aliphatic carboxylic acids is 2. The number of carbonyl (C=O) groups is 14. The number of amides is 12. The number of thioether (sulfide) groups is 1. The van der Waals surface area contributed by atoms with Crippen molar-refractivity contribution in [2.75, 3.05) is 18.6 Å². The molecule has 0 saturated carbocycles. The lowest BCUT2D eigenvalue weighted by Crippen LogP contribution is -2.61. The minimum Gasteiger partial charge on any atom is -0.481 e. The van der Waals surface area contributed by atoms with Gasteiger partial charge >= 0.3 is 22.3 Å². The standard InChI is InChI=1S/C58H73N13O21S2/c1-29(72)49(71-56(85)40(23-31-12-14-33(15-13-31)92-94(89,90)91)68-55(84)42(26-48(77)78)69-52(81)37(16-18-44(59)73)66-51(80)36-17-19-45(74)63-36)57(86)62-28-47(76)65-41(24-32-27-61-35-11-7-6-10-34(32)35)54(83)67-38(20-21-93-2)53(82)70-43(58(87)88)25-46(75)64-39(50(60)79)22-30-8-4-3-5-9-30/h3-15,27,29,36-43,49,61,72H,16-26,28H2,1-2H3,(H2,59,73)(H2,60,79)(H,62,86)(H,63,74)(H,64,75)(H,65,76)(H,66,80)(H,67,83)(H,68,84)(H,69,81)(H,70,82)(H,71,85)(H,77,78)(H,87,88)(H,89,90,91)/t29?,36-,37-,38-,39-,40-,41-,42-,43-,49-/m0/s1. The van der Waals surface area contributed by atoms with Crippen LogP contribution in [-0.2, 0) is 96.8 Å². The van der Waals surface area contributed by atoms with Crippen LogP contribution >= 0.6 is 11.8 Å². The van der Waals surface area contributed by atoms with E-state index in [1.807, 2.05) is 0 Å². The molecule has 1 aromatic heterocycles. The van der Waals surface area contributed by atoms with Gasteiger partial charge in [0.1, 0.15) is 60.1 Å². The summed E-state index contributed by atoms with van der Waals surface area (Å²) in [7, 11) is -5.02. The molecule has 5 rings (SSSR count). The number of fused-ring (bicyclic) bond motifs is 1. The van der Waals surface area contributed by atoms with Gasteiger partial charge in [0.2, 0.25) is 70.9 Å². The smallest absolute Gasteiger partial charge is 0.446 e. The zero-order valence-electron chi connectivity index (χ0n) is 50.5. The number of aromatic amines is 1. The summed E-state index contributed by atoms with van der Waals surface area (Å²) >= 11 is 1.26. The molecule has 36 heteroatoms. The highest BCUT2D eigenvalue weighted by Crippen LogP contribution is 2.21. The molecule has 0 bridgehead atoms. The average molecular weight is 1350 g/mol. The Kier molecular flexibility index (Phi) is 28.2. The van der Waals surface area contributed by atoms with Crippen molar-refractivity contribution < 1.29 is 99.6 Å². The molecule has 1 fully saturated rings. The number of carboxylic acids is 2. The van der Waals surface area contributed by atoms with E-state index < -0.39 is 198 Å². The summed E-state index contributed by atoms with van der Waals surface area (Å²) in [4.78, 5) is 188. The Balaban J connectivity index is 1.34. The van der Waals surface area contributed by atoms with Crippen LogP contribution in [0, 0.1) is 0 Å². The minimum atomic E-state index is -5.02. The van der Waals surface area contributed by atoms with Crippen LogP contribution in [0.15, 0.2) is 85.1 Å². The van der Waals surface area contributed by atoms with Crippen LogP contribution < -0.4 is 68.8 Å². The molecule has 3 aromatic carbocycles. The lowest BCUT2D eigenvalue weighted by atomic mass is 10.0. The average Bonchev–Trinajstić information content (AvgIpc) is 1.65. The van der Waals surface area contributed by atoms with Crippen molar-refractivity contribution in [3.05, 3.63) is 102 Å². The highest BCUT2D eigenvalue weighted by molar-refractivity contribution is 7.98. The fourth-order valence-electron chi connectivity index (χ4n) is 9.49. The van der Waals surface area contributed by atoms with Crippen molar-refractivity contribution in [1.29, 1.82) is 0 Å². The number of aliphatic hydroxyl groups excluding tert-OH is 1. The van der Waals surface area contributed by atoms with Gasteiger partial charge in [-0.1, -0.05) is 60.7 Å². The van der Waals surface area contributed by atoms with Gasteiger partial charge in [-0.2, -0.15) is 20.2 Å². The molecule has 0 spiro atoms. The molecule has 34 nitrogen and oxygen atoms in total. The third-order valence-electron chi connectivity index (χ3n) is 14.3. The number of aliphatic hydroxyl groups is 1. The molecule has 10 atom stereocenters. The van der Waals surface area contributed by atoms with E-state index in [1.165, 1.54) is 23.9 Å². The number of carbonyl (C=O) groups excluding carboxylic acids is 12. The zero-order chi connectivity index (χ0) is 69.4. The van der Waals surface area contributed by atoms with Gasteiger partial charge in [-0.05, 0) is 73.1 Å². The maximum absolute atomic E-state index is 14.4. The number of nitrogens with two attached hydrogens (primary N) is 2. The van der Waals surface area contributed by atoms with Gasteiger partial charge in [0, 0.05) is 49.2 Å². The normalized spacial score (nSPS) is 15.6. The number of nitrogens with one attached hydrogen (secondary N) is 11. The maximum atomic E-state index is 14.4. The summed E-state index contributed by atoms with van der Waals surface area (Å²) in [6.07, 6.45) is -2.56. The fourth-order valence-corrected chi connectivity index (χ4v) is 10.3. The summed E-state index contributed by atoms with van der Waals surface area (Å²) in [6, 6.07) is 4.86. The second kappa shape index (κ2) is 35.6. The maximum Gasteiger partial charge on any atom is 0.446 e. The van der Waals surface area contributed by atoms with Crippen molar-refractivity contribution in [3.63, 3.8) is 0 Å². The number of rotatable bonds is 38. The van der Waals surface area contributed by atoms with Gasteiger partial charge in [-0.3, -0.25) is 66.9 Å². The Morgan fingerprint density at radius 2 is 1.19 bits per heavy atom. The van der Waals surface area contributed by atoms with Gasteiger partial charge in [-0.25, -0.2) is 4.79 Å². The van der Waals surface area contributed by atoms with Crippen molar-refractivity contribution >= 4 is 116 Å². The molecule has 508 valence electrons. The van der Waals surface area contributed by atoms with Gasteiger partial charge in [0.25, 0.3) is 0 Å². The van der Waals surface area contributed by atoms with E-state index in [9.17, 15) is 90.9 Å². The van der Waals surface area contributed by atoms with Gasteiger partial charge in [0.15, 0.2) is 0 Å². The Morgan fingerprint density at radius 1 is 0.638 bits per heavy atom. The van der Waals surface area contributed by atoms with Gasteiger partial charge in [-0.15, -0.1) is 0 Å². The second-order valence-corrected chi connectivity index (χ2v) is 23.6. The van der Waals surface area contributed by atoms with Crippen LogP contribution in [0.25, 0.3) is 10.9 Å². The number of primary amides is 2. The highest BCUT2D eigenvalue weighted by atomic mass is 32.3. The fraction of sp³-hybridized carbons (Fsp3) is 0.414. The largest absolute Gasteiger partial charge is 0.481 e. The van der Waals surface area contributed by atoms with E-state index in [1.54, 1.807) is 67.0 Å². The first kappa shape index (κ1) is 74.5. The van der Waals surface area contributed by atoms with Gasteiger partial charge in [0.05, 0.1) is 25.5 Å². The Hall–Kier alpha value is -10.2. The number of carboxylic acid groups (broad SMARTS) is 2. The molecule has 1 aliphatic rings. The third kappa shape index (κ3) is 24.4. The number of H-pyrrole nitrogens is 1. The van der Waals surface area contributed by atoms with Crippen molar-refractivity contribution in [2.24, 2.45) is 11.5 Å². The Bertz CT molecular complexity index is 3560. The van der Waals surface area contributed by atoms with Crippen molar-refractivity contribution in [1.82, 2.24) is 58.2 Å². The first-order chi connectivity index (χ1) is 44.4. The van der Waals surface area contributed by atoms with Crippen LogP contribution in [0.5, 0.6) is 5.75 Å². The van der Waals surface area contributed by atoms with E-state index >= 15 is 0 Å². The predicted octanol–water partition coefficient (Wildman–Crippen LogP) is -4.52. The molecule has 1 unspecified atom stereocenters. The molecule has 1 saturated heterocycles. The molecule has 1 aliphatic heterocycles. The molecule has 94 heavy (non-hydrogen) atoms. The zero-order valence-corrected chi connectivity index (χ0v) is 52.2. The summed E-state index contributed by atoms with van der Waals surface area (Å²) in [5.41, 5.74) is 12.6. The number of benzene rings is 3. The number of hydrogen-bond donors (Lipinski definition) is 17. The second-order valence-electron chi connectivity index (χ2n) is 21.6. The first-order valence-electron chi connectivity index (χ1n) is 28.9. The highest BCUT2D eigenvalue weighted by Gasteiger charge is 2.37. The van der Waals surface area contributed by atoms with Crippen LogP contribution in [-0.4, -0.2) is 195 Å². The molecule has 0 aliphatic carbocycles. The summed E-state index contributed by atoms with van der Waals surface area (Å²) in [6.45, 7) is 0.0743. The van der Waals surface area contributed by atoms with E-state index in [-0.39, 0.29) is 43.4 Å². The molecular formula is C58H73N13O21S2. The molecular weight excluding hydrogens is 1280 g/mol. The van der Waals surface area contributed by atoms with E-state index in [0.29, 0.717) is 22.0 Å². The number of para-hydroxylation sites is 1. The number of hydrogen-bond acceptors (Lipinski definition) is 19. The van der Waals surface area contributed by atoms with E-state index in [4.69, 9.17) is 16.0 Å². The van der Waals surface area contributed by atoms with Crippen LogP contribution in [0.4, 0.5) is 0 Å². The van der Waals surface area contributed by atoms with E-state index in [2.05, 4.69) is 62.3 Å². The summed E-state index contributed by atoms with van der Waals surface area (Å²) in [5.74, 6) is -15.9. The lowest BCUT2D eigenvalue weighted by molar-refractivity contribution is -0.144. The van der Waals surface area contributed by atoms with Gasteiger partial charge < -0.3 is 89.1 Å². The Labute approximate surface area is 540 Å². The van der Waals surface area contributed by atoms with E-state index in [0.717, 1.165) is 19.1 Å². The Morgan fingerprint density at radius 3 is 1.79 bits per heavy atom.